The molecule has 2 aromatic rings. The first-order chi connectivity index (χ1) is 12.6. The summed E-state index contributed by atoms with van der Waals surface area (Å²) in [4.78, 5) is 37.5. The van der Waals surface area contributed by atoms with Crippen LogP contribution in [0.4, 0.5) is 0 Å². The summed E-state index contributed by atoms with van der Waals surface area (Å²) >= 11 is 0. The number of amides is 2. The molecule has 0 radical (unpaired) electrons. The summed E-state index contributed by atoms with van der Waals surface area (Å²) < 4.78 is 0. The van der Waals surface area contributed by atoms with Crippen LogP contribution in [0.5, 0.6) is 0 Å². The Kier molecular flexibility index (Phi) is 6.16. The highest BCUT2D eigenvalue weighted by Crippen LogP contribution is 2.19. The van der Waals surface area contributed by atoms with E-state index in [0.717, 1.165) is 11.1 Å². The molecule has 142 valence electrons. The first-order valence-electron chi connectivity index (χ1n) is 8.88. The highest BCUT2D eigenvalue weighted by molar-refractivity contribution is 6.16. The smallest absolute Gasteiger partial charge is 0.252 e. The summed E-state index contributed by atoms with van der Waals surface area (Å²) in [5, 5.41) is 5.37. The Balaban J connectivity index is 2.22. The maximum Gasteiger partial charge on any atom is 0.252 e. The summed E-state index contributed by atoms with van der Waals surface area (Å²) in [6, 6.07) is 12.3. The Morgan fingerprint density at radius 2 is 1.52 bits per heavy atom. The number of hydrogen-bond acceptors (Lipinski definition) is 3. The zero-order chi connectivity index (χ0) is 20.2. The van der Waals surface area contributed by atoms with Gasteiger partial charge < -0.3 is 10.6 Å². The Labute approximate surface area is 160 Å². The van der Waals surface area contributed by atoms with Crippen LogP contribution in [0.15, 0.2) is 42.5 Å². The third kappa shape index (κ3) is 5.51. The highest BCUT2D eigenvalue weighted by atomic mass is 16.2. The summed E-state index contributed by atoms with van der Waals surface area (Å²) in [6.07, 6.45) is 0. The van der Waals surface area contributed by atoms with Crippen molar-refractivity contribution in [2.24, 2.45) is 0 Å². The molecule has 27 heavy (non-hydrogen) atoms. The molecule has 0 atom stereocenters. The van der Waals surface area contributed by atoms with Crippen molar-refractivity contribution >= 4 is 17.6 Å². The molecule has 2 amide bonds. The second kappa shape index (κ2) is 8.16. The molecule has 2 N–H and O–H groups in total. The number of nitrogens with one attached hydrogen (secondary N) is 2. The van der Waals surface area contributed by atoms with Gasteiger partial charge in [-0.1, -0.05) is 35.9 Å². The van der Waals surface area contributed by atoms with Gasteiger partial charge in [-0.25, -0.2) is 0 Å². The van der Waals surface area contributed by atoms with Crippen molar-refractivity contribution in [3.05, 3.63) is 70.3 Å². The lowest BCUT2D eigenvalue weighted by Crippen LogP contribution is -2.46. The maximum absolute atomic E-state index is 13.0. The van der Waals surface area contributed by atoms with Crippen LogP contribution in [0.25, 0.3) is 0 Å². The molecule has 5 nitrogen and oxygen atoms in total. The lowest BCUT2D eigenvalue weighted by molar-refractivity contribution is -0.121. The summed E-state index contributed by atoms with van der Waals surface area (Å²) in [6.45, 7) is 9.23. The third-order valence-electron chi connectivity index (χ3n) is 3.98. The van der Waals surface area contributed by atoms with Gasteiger partial charge in [0.05, 0.1) is 12.1 Å². The number of aryl methyl sites for hydroxylation is 2. The third-order valence-corrected chi connectivity index (χ3v) is 3.98. The molecule has 0 aliphatic carbocycles. The zero-order valence-corrected chi connectivity index (χ0v) is 16.5. The van der Waals surface area contributed by atoms with Crippen LogP contribution in [0.1, 0.15) is 58.2 Å². The second-order valence-electron chi connectivity index (χ2n) is 7.67. The molecule has 0 fully saturated rings. The van der Waals surface area contributed by atoms with E-state index in [1.165, 1.54) is 0 Å². The van der Waals surface area contributed by atoms with Crippen LogP contribution in [0.2, 0.25) is 0 Å². The van der Waals surface area contributed by atoms with Crippen molar-refractivity contribution in [1.29, 1.82) is 0 Å². The van der Waals surface area contributed by atoms with Gasteiger partial charge in [0.15, 0.2) is 5.78 Å². The molecule has 0 spiro atoms. The van der Waals surface area contributed by atoms with Gasteiger partial charge in [-0.05, 0) is 52.3 Å². The lowest BCUT2D eigenvalue weighted by atomic mass is 9.94. The van der Waals surface area contributed by atoms with Crippen molar-refractivity contribution in [2.75, 3.05) is 6.54 Å². The average Bonchev–Trinajstić information content (AvgIpc) is 2.59. The molecule has 0 saturated heterocycles. The average molecular weight is 366 g/mol. The Morgan fingerprint density at radius 3 is 2.15 bits per heavy atom. The normalized spacial score (nSPS) is 11.0. The topological polar surface area (TPSA) is 75.3 Å². The van der Waals surface area contributed by atoms with Gasteiger partial charge >= 0.3 is 0 Å². The van der Waals surface area contributed by atoms with Gasteiger partial charge in [-0.15, -0.1) is 0 Å². The first kappa shape index (κ1) is 20.4. The van der Waals surface area contributed by atoms with Gasteiger partial charge in [-0.3, -0.25) is 14.4 Å². The van der Waals surface area contributed by atoms with E-state index < -0.39 is 5.91 Å². The van der Waals surface area contributed by atoms with Crippen molar-refractivity contribution in [2.45, 2.75) is 40.2 Å². The second-order valence-corrected chi connectivity index (χ2v) is 7.67. The number of carbonyl (C=O) groups is 3. The van der Waals surface area contributed by atoms with Crippen molar-refractivity contribution in [3.8, 4) is 0 Å². The van der Waals surface area contributed by atoms with Gasteiger partial charge in [0, 0.05) is 16.7 Å². The quantitative estimate of drug-likeness (QED) is 0.798. The molecule has 0 unspecified atom stereocenters. The van der Waals surface area contributed by atoms with Crippen LogP contribution in [-0.4, -0.2) is 29.7 Å². The van der Waals surface area contributed by atoms with Crippen LogP contribution in [-0.2, 0) is 4.79 Å². The minimum Gasteiger partial charge on any atom is -0.350 e. The van der Waals surface area contributed by atoms with Gasteiger partial charge in [0.2, 0.25) is 5.91 Å². The highest BCUT2D eigenvalue weighted by Gasteiger charge is 2.20. The Bertz CT molecular complexity index is 879. The predicted octanol–water partition coefficient (Wildman–Crippen LogP) is 3.18. The lowest BCUT2D eigenvalue weighted by Gasteiger charge is -2.20. The molecule has 0 aliphatic rings. The molecule has 2 rings (SSSR count). The molecule has 0 aliphatic heterocycles. The SMILES string of the molecule is Cc1ccc(C)c(C(=O)c2ccccc2C(=O)NCC(=O)NC(C)(C)C)c1. The van der Waals surface area contributed by atoms with Crippen LogP contribution in [0, 0.1) is 13.8 Å². The summed E-state index contributed by atoms with van der Waals surface area (Å²) in [5.41, 5.74) is 2.60. The Morgan fingerprint density at radius 1 is 0.889 bits per heavy atom. The van der Waals surface area contributed by atoms with E-state index >= 15 is 0 Å². The van der Waals surface area contributed by atoms with E-state index in [9.17, 15) is 14.4 Å². The van der Waals surface area contributed by atoms with E-state index in [-0.39, 0.29) is 29.3 Å². The molecule has 5 heteroatoms. The fraction of sp³-hybridized carbons (Fsp3) is 0.318. The fourth-order valence-electron chi connectivity index (χ4n) is 2.72. The number of rotatable bonds is 5. The first-order valence-corrected chi connectivity index (χ1v) is 8.88. The van der Waals surface area contributed by atoms with Crippen LogP contribution < -0.4 is 10.6 Å². The van der Waals surface area contributed by atoms with E-state index in [2.05, 4.69) is 10.6 Å². The fourth-order valence-corrected chi connectivity index (χ4v) is 2.72. The van der Waals surface area contributed by atoms with Crippen molar-refractivity contribution in [3.63, 3.8) is 0 Å². The Hall–Kier alpha value is -2.95. The van der Waals surface area contributed by atoms with Crippen molar-refractivity contribution in [1.82, 2.24) is 10.6 Å². The molecular formula is C22H26N2O3. The van der Waals surface area contributed by atoms with Gasteiger partial charge in [0.25, 0.3) is 5.91 Å². The van der Waals surface area contributed by atoms with Gasteiger partial charge in [0.1, 0.15) is 0 Å². The monoisotopic (exact) mass is 366 g/mol. The number of ketones is 1. The summed E-state index contributed by atoms with van der Waals surface area (Å²) in [5.74, 6) is -0.941. The minimum absolute atomic E-state index is 0.151. The predicted molar refractivity (Wildman–Crippen MR) is 106 cm³/mol. The summed E-state index contributed by atoms with van der Waals surface area (Å²) in [7, 11) is 0. The van der Waals surface area contributed by atoms with E-state index in [0.29, 0.717) is 11.1 Å². The van der Waals surface area contributed by atoms with Gasteiger partial charge in [-0.2, -0.15) is 0 Å². The van der Waals surface area contributed by atoms with Crippen LogP contribution >= 0.6 is 0 Å². The standard InChI is InChI=1S/C22H26N2O3/c1-14-10-11-15(2)18(12-14)20(26)16-8-6-7-9-17(16)21(27)23-13-19(25)24-22(3,4)5/h6-12H,13H2,1-5H3,(H,23,27)(H,24,25). The van der Waals surface area contributed by atoms with Crippen LogP contribution in [0.3, 0.4) is 0 Å². The molecule has 0 bridgehead atoms. The van der Waals surface area contributed by atoms with E-state index in [1.807, 2.05) is 52.8 Å². The van der Waals surface area contributed by atoms with E-state index in [4.69, 9.17) is 0 Å². The number of carbonyl (C=O) groups excluding carboxylic acids is 3. The molecule has 2 aromatic carbocycles. The largest absolute Gasteiger partial charge is 0.350 e. The van der Waals surface area contributed by atoms with Crippen molar-refractivity contribution < 1.29 is 14.4 Å². The number of benzene rings is 2. The zero-order valence-electron chi connectivity index (χ0n) is 16.5. The minimum atomic E-state index is -0.451. The maximum atomic E-state index is 13.0. The molecule has 0 saturated carbocycles. The molecule has 0 aromatic heterocycles. The van der Waals surface area contributed by atoms with E-state index in [1.54, 1.807) is 24.3 Å². The molecule has 0 heterocycles. The number of hydrogen-bond donors (Lipinski definition) is 2. The molecular weight excluding hydrogens is 340 g/mol.